The highest BCUT2D eigenvalue weighted by Gasteiger charge is 2.15. The summed E-state index contributed by atoms with van der Waals surface area (Å²) in [4.78, 5) is 17.5. The van der Waals surface area contributed by atoms with Crippen LogP contribution in [-0.4, -0.2) is 31.0 Å². The molecule has 2 N–H and O–H groups in total. The van der Waals surface area contributed by atoms with E-state index in [0.717, 1.165) is 27.3 Å². The molecule has 0 radical (unpaired) electrons. The molecular weight excluding hydrogens is 456 g/mol. The number of carbonyl (C=O) groups is 1. The largest absolute Gasteiger partial charge is 0.481 e. The molecule has 0 saturated carbocycles. The van der Waals surface area contributed by atoms with Gasteiger partial charge in [0.15, 0.2) is 0 Å². The van der Waals surface area contributed by atoms with Crippen LogP contribution in [0.25, 0.3) is 0 Å². The fraction of sp³-hybridized carbons (Fsp3) is 0.273. The van der Waals surface area contributed by atoms with Crippen LogP contribution in [0, 0.1) is 0 Å². The van der Waals surface area contributed by atoms with E-state index in [-0.39, 0.29) is 17.9 Å². The zero-order chi connectivity index (χ0) is 22.3. The van der Waals surface area contributed by atoms with E-state index in [0.29, 0.717) is 24.3 Å². The van der Waals surface area contributed by atoms with Crippen LogP contribution in [0.2, 0.25) is 5.02 Å². The summed E-state index contributed by atoms with van der Waals surface area (Å²) in [5.74, 6) is -0.830. The second kappa shape index (κ2) is 10.9. The van der Waals surface area contributed by atoms with Crippen LogP contribution >= 0.6 is 22.9 Å². The lowest BCUT2D eigenvalue weighted by molar-refractivity contribution is -0.136. The maximum absolute atomic E-state index is 12.4. The predicted octanol–water partition coefficient (Wildman–Crippen LogP) is 4.32. The van der Waals surface area contributed by atoms with E-state index in [1.165, 1.54) is 12.1 Å². The molecule has 0 atom stereocenters. The molecule has 3 rings (SSSR count). The highest BCUT2D eigenvalue weighted by Crippen LogP contribution is 2.27. The van der Waals surface area contributed by atoms with Gasteiger partial charge in [-0.25, -0.2) is 13.1 Å². The van der Waals surface area contributed by atoms with Crippen molar-refractivity contribution in [2.24, 2.45) is 0 Å². The van der Waals surface area contributed by atoms with Gasteiger partial charge in [0, 0.05) is 40.1 Å². The Hall–Kier alpha value is -2.26. The first-order chi connectivity index (χ1) is 14.8. The minimum Gasteiger partial charge on any atom is -0.481 e. The number of thiophene rings is 1. The standard InChI is InChI=1S/C22H23ClN2O4S2/c23-18-5-7-20(8-6-18)31(28,29)25-12-2-4-17-14-19(13-16-3-1-11-24-15-16)30-21(17)9-10-22(26)27/h1,3,5-8,11,14-15,25H,2,4,9-10,12-13H2,(H,26,27). The van der Waals surface area contributed by atoms with Crippen molar-refractivity contribution in [2.75, 3.05) is 6.54 Å². The highest BCUT2D eigenvalue weighted by atomic mass is 35.5. The Labute approximate surface area is 191 Å². The molecule has 164 valence electrons. The van der Waals surface area contributed by atoms with Crippen LogP contribution in [0.3, 0.4) is 0 Å². The number of aliphatic carboxylic acids is 1. The van der Waals surface area contributed by atoms with E-state index in [4.69, 9.17) is 16.7 Å². The minimum atomic E-state index is -3.59. The fourth-order valence-corrected chi connectivity index (χ4v) is 5.60. The zero-order valence-electron chi connectivity index (χ0n) is 16.8. The van der Waals surface area contributed by atoms with Gasteiger partial charge in [0.2, 0.25) is 10.0 Å². The number of sulfonamides is 1. The van der Waals surface area contributed by atoms with Gasteiger partial charge in [-0.3, -0.25) is 9.78 Å². The Morgan fingerprint density at radius 1 is 1.16 bits per heavy atom. The third kappa shape index (κ3) is 7.14. The number of hydrogen-bond acceptors (Lipinski definition) is 5. The molecule has 2 aromatic heterocycles. The van der Waals surface area contributed by atoms with Gasteiger partial charge in [-0.1, -0.05) is 17.7 Å². The van der Waals surface area contributed by atoms with Gasteiger partial charge in [-0.05, 0) is 66.8 Å². The number of rotatable bonds is 11. The van der Waals surface area contributed by atoms with Crippen molar-refractivity contribution in [2.45, 2.75) is 37.0 Å². The highest BCUT2D eigenvalue weighted by molar-refractivity contribution is 7.89. The molecule has 0 amide bonds. The van der Waals surface area contributed by atoms with Gasteiger partial charge in [0.25, 0.3) is 0 Å². The third-order valence-corrected chi connectivity index (χ3v) is 7.62. The summed E-state index contributed by atoms with van der Waals surface area (Å²) < 4.78 is 27.4. The Morgan fingerprint density at radius 2 is 1.94 bits per heavy atom. The Morgan fingerprint density at radius 3 is 2.61 bits per heavy atom. The van der Waals surface area contributed by atoms with E-state index in [2.05, 4.69) is 15.8 Å². The molecule has 1 aromatic carbocycles. The van der Waals surface area contributed by atoms with Gasteiger partial charge in [0.05, 0.1) is 11.3 Å². The summed E-state index contributed by atoms with van der Waals surface area (Å²) in [7, 11) is -3.59. The first-order valence-corrected chi connectivity index (χ1v) is 12.5. The average Bonchev–Trinajstić information content (AvgIpc) is 3.12. The summed E-state index contributed by atoms with van der Waals surface area (Å²) in [6.45, 7) is 0.289. The van der Waals surface area contributed by atoms with Crippen LogP contribution in [0.4, 0.5) is 0 Å². The lowest BCUT2D eigenvalue weighted by Gasteiger charge is -2.07. The Bertz CT molecular complexity index is 1110. The van der Waals surface area contributed by atoms with Crippen LogP contribution in [0.15, 0.2) is 59.8 Å². The number of aromatic nitrogens is 1. The molecule has 31 heavy (non-hydrogen) atoms. The second-order valence-corrected chi connectivity index (χ2v) is 10.5. The van der Waals surface area contributed by atoms with Crippen molar-refractivity contribution in [3.05, 3.63) is 80.8 Å². The number of benzene rings is 1. The maximum atomic E-state index is 12.4. The maximum Gasteiger partial charge on any atom is 0.303 e. The topological polar surface area (TPSA) is 96.4 Å². The Balaban J connectivity index is 1.62. The molecule has 0 aliphatic heterocycles. The number of pyridine rings is 1. The van der Waals surface area contributed by atoms with Crippen molar-refractivity contribution in [1.29, 1.82) is 0 Å². The summed E-state index contributed by atoms with van der Waals surface area (Å²) in [6.07, 6.45) is 6.11. The molecule has 9 heteroatoms. The number of nitrogens with one attached hydrogen (secondary N) is 1. The molecule has 2 heterocycles. The minimum absolute atomic E-state index is 0.0725. The molecule has 0 fully saturated rings. The van der Waals surface area contributed by atoms with Crippen molar-refractivity contribution < 1.29 is 18.3 Å². The molecule has 0 aliphatic rings. The lowest BCUT2D eigenvalue weighted by atomic mass is 10.1. The molecule has 0 saturated heterocycles. The number of carboxylic acids is 1. The van der Waals surface area contributed by atoms with Gasteiger partial charge in [-0.2, -0.15) is 0 Å². The Kier molecular flexibility index (Phi) is 8.20. The summed E-state index contributed by atoms with van der Waals surface area (Å²) in [6, 6.07) is 12.0. The lowest BCUT2D eigenvalue weighted by Crippen LogP contribution is -2.25. The average molecular weight is 479 g/mol. The first-order valence-electron chi connectivity index (χ1n) is 9.80. The molecule has 0 aliphatic carbocycles. The van der Waals surface area contributed by atoms with E-state index >= 15 is 0 Å². The quantitative estimate of drug-likeness (QED) is 0.400. The summed E-state index contributed by atoms with van der Waals surface area (Å²) in [5.41, 5.74) is 2.17. The van der Waals surface area contributed by atoms with Crippen LogP contribution < -0.4 is 4.72 Å². The number of halogens is 1. The van der Waals surface area contributed by atoms with E-state index in [1.54, 1.807) is 29.7 Å². The van der Waals surface area contributed by atoms with Crippen molar-refractivity contribution in [3.8, 4) is 0 Å². The SMILES string of the molecule is O=C(O)CCc1sc(Cc2cccnc2)cc1CCCNS(=O)(=O)c1ccc(Cl)cc1. The predicted molar refractivity (Wildman–Crippen MR) is 122 cm³/mol. The fourth-order valence-electron chi connectivity index (χ4n) is 3.15. The van der Waals surface area contributed by atoms with Gasteiger partial charge >= 0.3 is 5.97 Å². The normalized spacial score (nSPS) is 11.5. The van der Waals surface area contributed by atoms with Crippen LogP contribution in [0.5, 0.6) is 0 Å². The van der Waals surface area contributed by atoms with Crippen LogP contribution in [-0.2, 0) is 34.1 Å². The van der Waals surface area contributed by atoms with Crippen molar-refractivity contribution in [3.63, 3.8) is 0 Å². The number of aryl methyl sites for hydroxylation is 2. The molecule has 0 spiro atoms. The zero-order valence-corrected chi connectivity index (χ0v) is 19.1. The third-order valence-electron chi connectivity index (χ3n) is 4.65. The first kappa shape index (κ1) is 23.4. The summed E-state index contributed by atoms with van der Waals surface area (Å²) >= 11 is 7.43. The van der Waals surface area contributed by atoms with E-state index in [9.17, 15) is 13.2 Å². The van der Waals surface area contributed by atoms with Gasteiger partial charge in [-0.15, -0.1) is 11.3 Å². The van der Waals surface area contributed by atoms with Gasteiger partial charge < -0.3 is 5.11 Å². The molecule has 6 nitrogen and oxygen atoms in total. The second-order valence-electron chi connectivity index (χ2n) is 7.05. The van der Waals surface area contributed by atoms with Gasteiger partial charge in [0.1, 0.15) is 0 Å². The molecule has 3 aromatic rings. The van der Waals surface area contributed by atoms with Crippen molar-refractivity contribution in [1.82, 2.24) is 9.71 Å². The van der Waals surface area contributed by atoms with Crippen molar-refractivity contribution >= 4 is 38.9 Å². The number of hydrogen-bond donors (Lipinski definition) is 2. The smallest absolute Gasteiger partial charge is 0.303 e. The van der Waals surface area contributed by atoms with Crippen LogP contribution in [0.1, 0.15) is 33.7 Å². The van der Waals surface area contributed by atoms with E-state index < -0.39 is 16.0 Å². The van der Waals surface area contributed by atoms with E-state index in [1.807, 2.05) is 18.3 Å². The molecule has 0 unspecified atom stereocenters. The number of carboxylic acid groups (broad SMARTS) is 1. The summed E-state index contributed by atoms with van der Waals surface area (Å²) in [5, 5.41) is 9.53. The number of nitrogens with zero attached hydrogens (tertiary/aromatic N) is 1. The molecular formula is C22H23ClN2O4S2. The molecule has 0 bridgehead atoms. The monoisotopic (exact) mass is 478 g/mol.